The van der Waals surface area contributed by atoms with E-state index in [1.807, 2.05) is 25.1 Å². The van der Waals surface area contributed by atoms with Gasteiger partial charge in [-0.3, -0.25) is 9.52 Å². The van der Waals surface area contributed by atoms with Crippen LogP contribution in [0.5, 0.6) is 5.75 Å². The molecule has 3 N–H and O–H groups in total. The van der Waals surface area contributed by atoms with Gasteiger partial charge in [0.1, 0.15) is 5.75 Å². The Morgan fingerprint density at radius 3 is 2.31 bits per heavy atom. The summed E-state index contributed by atoms with van der Waals surface area (Å²) in [5.74, 6) is -0.435. The number of aromatic hydroxyl groups is 1. The standard InChI is InChI=1S/C22H20N2O4S/c1-16-7-12-20(21(25)15-16)23-22(26)18-8-10-19(11-9-18)24-29(27,28)14-13-17-5-3-2-4-6-17/h2-15,24-25H,1H3,(H,23,26)/b14-13+. The molecule has 0 heterocycles. The van der Waals surface area contributed by atoms with Crippen molar-refractivity contribution in [2.24, 2.45) is 0 Å². The first-order chi connectivity index (χ1) is 13.8. The highest BCUT2D eigenvalue weighted by atomic mass is 32.2. The molecule has 3 aromatic carbocycles. The minimum absolute atomic E-state index is 0.0204. The SMILES string of the molecule is Cc1ccc(NC(=O)c2ccc(NS(=O)(=O)/C=C/c3ccccc3)cc2)c(O)c1. The Kier molecular flexibility index (Phi) is 5.99. The van der Waals surface area contributed by atoms with Gasteiger partial charge in [-0.05, 0) is 60.5 Å². The van der Waals surface area contributed by atoms with Gasteiger partial charge in [0, 0.05) is 11.3 Å². The maximum Gasteiger partial charge on any atom is 0.255 e. The first-order valence-electron chi connectivity index (χ1n) is 8.79. The van der Waals surface area contributed by atoms with Crippen molar-refractivity contribution in [1.29, 1.82) is 0 Å². The van der Waals surface area contributed by atoms with E-state index in [1.165, 1.54) is 30.3 Å². The molecule has 3 rings (SSSR count). The Bertz CT molecular complexity index is 1140. The van der Waals surface area contributed by atoms with Crippen molar-refractivity contribution in [2.75, 3.05) is 10.0 Å². The number of nitrogens with one attached hydrogen (secondary N) is 2. The van der Waals surface area contributed by atoms with Gasteiger partial charge in [0.2, 0.25) is 0 Å². The molecule has 0 aliphatic carbocycles. The maximum atomic E-state index is 12.3. The van der Waals surface area contributed by atoms with Crippen LogP contribution in [-0.2, 0) is 10.0 Å². The Hall–Kier alpha value is -3.58. The fourth-order valence-electron chi connectivity index (χ4n) is 2.56. The quantitative estimate of drug-likeness (QED) is 0.528. The smallest absolute Gasteiger partial charge is 0.255 e. The summed E-state index contributed by atoms with van der Waals surface area (Å²) in [4.78, 5) is 12.3. The lowest BCUT2D eigenvalue weighted by Crippen LogP contribution is -2.13. The summed E-state index contributed by atoms with van der Waals surface area (Å²) in [7, 11) is -3.69. The largest absolute Gasteiger partial charge is 0.506 e. The number of benzene rings is 3. The summed E-state index contributed by atoms with van der Waals surface area (Å²) < 4.78 is 26.8. The lowest BCUT2D eigenvalue weighted by atomic mass is 10.1. The lowest BCUT2D eigenvalue weighted by Gasteiger charge is -2.09. The fraction of sp³-hybridized carbons (Fsp3) is 0.0455. The van der Waals surface area contributed by atoms with Crippen molar-refractivity contribution >= 4 is 33.4 Å². The van der Waals surface area contributed by atoms with Crippen molar-refractivity contribution in [2.45, 2.75) is 6.92 Å². The summed E-state index contributed by atoms with van der Waals surface area (Å²) in [6, 6.07) is 20.0. The van der Waals surface area contributed by atoms with Crippen LogP contribution in [0, 0.1) is 6.92 Å². The molecule has 148 valence electrons. The lowest BCUT2D eigenvalue weighted by molar-refractivity contribution is 0.102. The minimum Gasteiger partial charge on any atom is -0.506 e. The number of sulfonamides is 1. The van der Waals surface area contributed by atoms with Crippen LogP contribution in [0.1, 0.15) is 21.5 Å². The zero-order chi connectivity index (χ0) is 20.9. The van der Waals surface area contributed by atoms with Crippen LogP contribution in [0.15, 0.2) is 78.2 Å². The zero-order valence-electron chi connectivity index (χ0n) is 15.7. The number of carbonyl (C=O) groups is 1. The number of anilines is 2. The number of phenols is 1. The van der Waals surface area contributed by atoms with E-state index in [0.717, 1.165) is 16.5 Å². The second-order valence-electron chi connectivity index (χ2n) is 6.41. The Morgan fingerprint density at radius 2 is 1.66 bits per heavy atom. The predicted molar refractivity (Wildman–Crippen MR) is 115 cm³/mol. The topological polar surface area (TPSA) is 95.5 Å². The van der Waals surface area contributed by atoms with E-state index in [0.29, 0.717) is 16.9 Å². The third kappa shape index (κ3) is 5.70. The molecule has 0 aliphatic rings. The Labute approximate surface area is 169 Å². The maximum absolute atomic E-state index is 12.3. The van der Waals surface area contributed by atoms with Crippen molar-refractivity contribution in [3.8, 4) is 5.75 Å². The molecule has 0 aliphatic heterocycles. The van der Waals surface area contributed by atoms with Gasteiger partial charge >= 0.3 is 0 Å². The van der Waals surface area contributed by atoms with Crippen LogP contribution >= 0.6 is 0 Å². The first-order valence-corrected chi connectivity index (χ1v) is 10.3. The van der Waals surface area contributed by atoms with Crippen molar-refractivity contribution in [3.63, 3.8) is 0 Å². The van der Waals surface area contributed by atoms with E-state index in [4.69, 9.17) is 0 Å². The van der Waals surface area contributed by atoms with Crippen molar-refractivity contribution in [3.05, 3.63) is 94.9 Å². The summed E-state index contributed by atoms with van der Waals surface area (Å²) in [6.07, 6.45) is 1.50. The highest BCUT2D eigenvalue weighted by Crippen LogP contribution is 2.24. The monoisotopic (exact) mass is 408 g/mol. The van der Waals surface area contributed by atoms with Crippen LogP contribution in [0.3, 0.4) is 0 Å². The first kappa shape index (κ1) is 20.2. The van der Waals surface area contributed by atoms with Crippen LogP contribution in [-0.4, -0.2) is 19.4 Å². The van der Waals surface area contributed by atoms with E-state index in [2.05, 4.69) is 10.0 Å². The van der Waals surface area contributed by atoms with Gasteiger partial charge in [-0.25, -0.2) is 8.42 Å². The van der Waals surface area contributed by atoms with Crippen LogP contribution in [0.2, 0.25) is 0 Å². The molecule has 0 atom stereocenters. The van der Waals surface area contributed by atoms with Gasteiger partial charge in [-0.15, -0.1) is 0 Å². The number of aryl methyl sites for hydroxylation is 1. The molecule has 3 aromatic rings. The van der Waals surface area contributed by atoms with Gasteiger partial charge in [0.25, 0.3) is 15.9 Å². The molecule has 0 radical (unpaired) electrons. The van der Waals surface area contributed by atoms with E-state index >= 15 is 0 Å². The number of carbonyl (C=O) groups excluding carboxylic acids is 1. The van der Waals surface area contributed by atoms with Crippen LogP contribution in [0.4, 0.5) is 11.4 Å². The van der Waals surface area contributed by atoms with Crippen molar-refractivity contribution in [1.82, 2.24) is 0 Å². The van der Waals surface area contributed by atoms with E-state index in [1.54, 1.807) is 30.3 Å². The second kappa shape index (κ2) is 8.62. The van der Waals surface area contributed by atoms with E-state index in [-0.39, 0.29) is 5.75 Å². The van der Waals surface area contributed by atoms with Gasteiger partial charge < -0.3 is 10.4 Å². The second-order valence-corrected chi connectivity index (χ2v) is 7.98. The fourth-order valence-corrected chi connectivity index (χ4v) is 3.43. The van der Waals surface area contributed by atoms with Gasteiger partial charge in [-0.1, -0.05) is 36.4 Å². The Balaban J connectivity index is 1.66. The predicted octanol–water partition coefficient (Wildman–Crippen LogP) is 4.37. The summed E-state index contributed by atoms with van der Waals surface area (Å²) in [5.41, 5.74) is 2.60. The summed E-state index contributed by atoms with van der Waals surface area (Å²) in [5, 5.41) is 13.6. The molecule has 0 saturated carbocycles. The highest BCUT2D eigenvalue weighted by Gasteiger charge is 2.10. The molecule has 0 fully saturated rings. The average Bonchev–Trinajstić information content (AvgIpc) is 2.70. The van der Waals surface area contributed by atoms with Crippen LogP contribution < -0.4 is 10.0 Å². The van der Waals surface area contributed by atoms with E-state index in [9.17, 15) is 18.3 Å². The minimum atomic E-state index is -3.69. The molecular weight excluding hydrogens is 388 g/mol. The number of rotatable bonds is 6. The Morgan fingerprint density at radius 1 is 0.966 bits per heavy atom. The third-order valence-electron chi connectivity index (χ3n) is 4.05. The summed E-state index contributed by atoms with van der Waals surface area (Å²) >= 11 is 0. The number of hydrogen-bond acceptors (Lipinski definition) is 4. The molecule has 29 heavy (non-hydrogen) atoms. The van der Waals surface area contributed by atoms with Crippen molar-refractivity contribution < 1.29 is 18.3 Å². The van der Waals surface area contributed by atoms with E-state index < -0.39 is 15.9 Å². The number of phenolic OH excluding ortho intramolecular Hbond substituents is 1. The molecule has 7 heteroatoms. The molecular formula is C22H20N2O4S. The molecule has 0 bridgehead atoms. The number of amides is 1. The molecule has 0 aromatic heterocycles. The molecule has 0 saturated heterocycles. The molecule has 0 unspecified atom stereocenters. The number of hydrogen-bond donors (Lipinski definition) is 3. The van der Waals surface area contributed by atoms with Crippen LogP contribution in [0.25, 0.3) is 6.08 Å². The zero-order valence-corrected chi connectivity index (χ0v) is 16.5. The molecule has 1 amide bonds. The van der Waals surface area contributed by atoms with Gasteiger partial charge in [-0.2, -0.15) is 0 Å². The van der Waals surface area contributed by atoms with Gasteiger partial charge in [0.15, 0.2) is 0 Å². The summed E-state index contributed by atoms with van der Waals surface area (Å²) in [6.45, 7) is 1.83. The third-order valence-corrected chi connectivity index (χ3v) is 5.06. The molecule has 6 nitrogen and oxygen atoms in total. The average molecular weight is 408 g/mol. The van der Waals surface area contributed by atoms with Gasteiger partial charge in [0.05, 0.1) is 11.1 Å². The highest BCUT2D eigenvalue weighted by molar-refractivity contribution is 7.95. The normalized spacial score (nSPS) is 11.3. The molecule has 0 spiro atoms.